The molecule has 27 valence electrons. The molecule has 5 heteroatoms. The average Bonchev–Trinajstić information content (AvgIpc) is 0.811. The molecule has 0 aromatic rings. The molecule has 0 saturated heterocycles. The van der Waals surface area contributed by atoms with E-state index in [1.807, 2.05) is 0 Å². The van der Waals surface area contributed by atoms with Crippen LogP contribution in [0.3, 0.4) is 0 Å². The molecular weight excluding hydrogens is 328 g/mol. The molecule has 1 radical (unpaired) electrons. The van der Waals surface area contributed by atoms with Crippen LogP contribution in [-0.2, 0) is 27.7 Å². The first-order chi connectivity index (χ1) is 1.73. The van der Waals surface area contributed by atoms with Crippen molar-refractivity contribution in [3.63, 3.8) is 0 Å². The van der Waals surface area contributed by atoms with Gasteiger partial charge in [-0.2, -0.15) is 0 Å². The molecule has 0 aliphatic carbocycles. The largest absolute Gasteiger partial charge is 1.00 e. The molecule has 0 unspecified atom stereocenters. The Morgan fingerprint density at radius 1 is 1.00 bits per heavy atom. The van der Waals surface area contributed by atoms with Crippen molar-refractivity contribution >= 4 is 0 Å². The van der Waals surface area contributed by atoms with E-state index in [4.69, 9.17) is 12.6 Å². The van der Waals surface area contributed by atoms with Crippen LogP contribution in [0.15, 0.2) is 0 Å². The molecule has 5 heavy (non-hydrogen) atoms. The molecule has 0 heterocycles. The summed E-state index contributed by atoms with van der Waals surface area (Å²) in [6, 6.07) is 0. The fraction of sp³-hybridized carbons (Fsp3) is 0. The van der Waals surface area contributed by atoms with E-state index < -0.39 is 14.8 Å². The SMILES string of the molecule is [Hg+].[O-][Br+2]([O-])[O-]. The van der Waals surface area contributed by atoms with Gasteiger partial charge in [0.2, 0.25) is 14.8 Å². The van der Waals surface area contributed by atoms with Crippen molar-refractivity contribution in [2.24, 2.45) is 0 Å². The Kier molecular flexibility index (Phi) is 10.1. The van der Waals surface area contributed by atoms with Gasteiger partial charge in [-0.15, -0.1) is 0 Å². The number of hydrogen-bond donors (Lipinski definition) is 0. The second kappa shape index (κ2) is 5.30. The molecule has 0 aliphatic heterocycles. The van der Waals surface area contributed by atoms with Crippen LogP contribution in [0.4, 0.5) is 0 Å². The summed E-state index contributed by atoms with van der Waals surface area (Å²) in [6.45, 7) is 0. The molecular formula is BrHgO3. The van der Waals surface area contributed by atoms with Crippen LogP contribution < -0.4 is 12.6 Å². The maximum atomic E-state index is 8.52. The van der Waals surface area contributed by atoms with E-state index in [0.29, 0.717) is 0 Å². The van der Waals surface area contributed by atoms with E-state index in [1.54, 1.807) is 0 Å². The summed E-state index contributed by atoms with van der Waals surface area (Å²) in [4.78, 5) is 0. The van der Waals surface area contributed by atoms with Crippen molar-refractivity contribution < 1.29 is 55.1 Å². The van der Waals surface area contributed by atoms with Gasteiger partial charge in [-0.05, 0) is 0 Å². The molecule has 0 saturated carbocycles. The maximum Gasteiger partial charge on any atom is 1.00 e. The van der Waals surface area contributed by atoms with E-state index in [-0.39, 0.29) is 27.7 Å². The zero-order chi connectivity index (χ0) is 3.58. The van der Waals surface area contributed by atoms with E-state index in [9.17, 15) is 0 Å². The second-order valence-electron chi connectivity index (χ2n) is 0.189. The van der Waals surface area contributed by atoms with Crippen LogP contribution in [0.25, 0.3) is 0 Å². The predicted octanol–water partition coefficient (Wildman–Crippen LogP) is -3.57. The van der Waals surface area contributed by atoms with Crippen LogP contribution in [0.2, 0.25) is 0 Å². The topological polar surface area (TPSA) is 69.2 Å². The van der Waals surface area contributed by atoms with E-state index in [1.165, 1.54) is 0 Å². The minimum absolute atomic E-state index is 0. The molecule has 3 nitrogen and oxygen atoms in total. The van der Waals surface area contributed by atoms with Crippen LogP contribution in [-0.4, -0.2) is 0 Å². The van der Waals surface area contributed by atoms with Gasteiger partial charge >= 0.3 is 27.7 Å². The van der Waals surface area contributed by atoms with Crippen molar-refractivity contribution in [1.29, 1.82) is 0 Å². The number of hydrogen-bond acceptors (Lipinski definition) is 3. The molecule has 0 spiro atoms. The molecule has 0 aromatic heterocycles. The first-order valence-corrected chi connectivity index (χ1v) is 2.41. The molecule has 0 amide bonds. The van der Waals surface area contributed by atoms with Crippen molar-refractivity contribution in [1.82, 2.24) is 0 Å². The Labute approximate surface area is 55.0 Å². The molecule has 0 aliphatic rings. The Bertz CT molecular complexity index is 11.6. The third kappa shape index (κ3) is 34.3. The predicted molar refractivity (Wildman–Crippen MR) is 0 cm³/mol. The summed E-state index contributed by atoms with van der Waals surface area (Å²) in [7, 11) is 0. The Morgan fingerprint density at radius 3 is 1.00 bits per heavy atom. The summed E-state index contributed by atoms with van der Waals surface area (Å²) in [5.41, 5.74) is 0. The van der Waals surface area contributed by atoms with Crippen molar-refractivity contribution in [3.05, 3.63) is 0 Å². The zero-order valence-electron chi connectivity index (χ0n) is 2.31. The van der Waals surface area contributed by atoms with Crippen LogP contribution >= 0.6 is 0 Å². The van der Waals surface area contributed by atoms with Gasteiger partial charge in [0, 0.05) is 0 Å². The van der Waals surface area contributed by atoms with Gasteiger partial charge in [0.05, 0.1) is 0 Å². The molecule has 0 rings (SSSR count). The Morgan fingerprint density at radius 2 is 1.00 bits per heavy atom. The van der Waals surface area contributed by atoms with E-state index in [2.05, 4.69) is 0 Å². The first-order valence-electron chi connectivity index (χ1n) is 0.463. The monoisotopic (exact) mass is 329 g/mol. The fourth-order valence-electron chi connectivity index (χ4n) is 0. The smallest absolute Gasteiger partial charge is 0.405 e. The van der Waals surface area contributed by atoms with Crippen molar-refractivity contribution in [3.8, 4) is 0 Å². The van der Waals surface area contributed by atoms with Gasteiger partial charge in [-0.1, -0.05) is 0 Å². The minimum Gasteiger partial charge on any atom is -0.405 e. The number of halogens is 1. The van der Waals surface area contributed by atoms with Gasteiger partial charge in [0.25, 0.3) is 0 Å². The molecule has 0 aromatic carbocycles. The Hall–Kier alpha value is 1.30. The van der Waals surface area contributed by atoms with Gasteiger partial charge in [0.15, 0.2) is 0 Å². The third-order valence-electron chi connectivity index (χ3n) is 0. The first kappa shape index (κ1) is 9.57. The van der Waals surface area contributed by atoms with E-state index >= 15 is 0 Å². The van der Waals surface area contributed by atoms with Gasteiger partial charge in [-0.25, -0.2) is 0 Å². The van der Waals surface area contributed by atoms with Crippen molar-refractivity contribution in [2.75, 3.05) is 0 Å². The van der Waals surface area contributed by atoms with Gasteiger partial charge in [-0.3, -0.25) is 0 Å². The minimum atomic E-state index is -3.65. The van der Waals surface area contributed by atoms with Gasteiger partial charge in [0.1, 0.15) is 0 Å². The normalized spacial score (nSPS) is 7.20. The summed E-state index contributed by atoms with van der Waals surface area (Å²) in [5, 5.41) is 0. The third-order valence-corrected chi connectivity index (χ3v) is 0. The molecule has 0 atom stereocenters. The quantitative estimate of drug-likeness (QED) is 0.432. The molecule has 0 N–H and O–H groups in total. The average molecular weight is 328 g/mol. The van der Waals surface area contributed by atoms with E-state index in [0.717, 1.165) is 0 Å². The number of rotatable bonds is 0. The van der Waals surface area contributed by atoms with Gasteiger partial charge < -0.3 is 12.6 Å². The Balaban J connectivity index is 0. The summed E-state index contributed by atoms with van der Waals surface area (Å²) in [5.74, 6) is 0. The maximum absolute atomic E-state index is 8.52. The standard InChI is InChI=1S/BrO3.Hg/c2-1(3)4;/q-1;+1. The van der Waals surface area contributed by atoms with Crippen LogP contribution in [0.1, 0.15) is 0 Å². The van der Waals surface area contributed by atoms with Crippen LogP contribution in [0, 0.1) is 14.8 Å². The second-order valence-corrected chi connectivity index (χ2v) is 0.982. The zero-order valence-corrected chi connectivity index (χ0v) is 9.39. The van der Waals surface area contributed by atoms with Crippen molar-refractivity contribution in [2.45, 2.75) is 0 Å². The fourth-order valence-corrected chi connectivity index (χ4v) is 0. The molecule has 0 fully saturated rings. The van der Waals surface area contributed by atoms with Crippen LogP contribution in [0.5, 0.6) is 0 Å². The summed E-state index contributed by atoms with van der Waals surface area (Å²) in [6.07, 6.45) is 0. The molecule has 0 bridgehead atoms. The summed E-state index contributed by atoms with van der Waals surface area (Å²) < 4.78 is 25.6. The summed E-state index contributed by atoms with van der Waals surface area (Å²) >= 11 is -3.65.